The van der Waals surface area contributed by atoms with Crippen LogP contribution in [0.2, 0.25) is 0 Å². The Hall–Kier alpha value is -3.96. The number of carbonyl (C=O) groups excluding carboxylic acids is 1. The van der Waals surface area contributed by atoms with E-state index in [0.29, 0.717) is 24.9 Å². The van der Waals surface area contributed by atoms with Crippen LogP contribution < -0.4 is 0 Å². The van der Waals surface area contributed by atoms with E-state index in [1.807, 2.05) is 73.7 Å². The molecule has 3 aromatic carbocycles. The van der Waals surface area contributed by atoms with E-state index in [1.54, 1.807) is 12.5 Å². The van der Waals surface area contributed by atoms with E-state index in [4.69, 9.17) is 18.9 Å². The molecule has 1 aliphatic carbocycles. The molecule has 45 heavy (non-hydrogen) atoms. The third-order valence-electron chi connectivity index (χ3n) is 9.50. The minimum Gasteiger partial charge on any atom is -0.472 e. The molecule has 0 radical (unpaired) electrons. The molecule has 4 aromatic rings. The normalized spacial score (nSPS) is 19.8. The lowest BCUT2D eigenvalue weighted by atomic mass is 9.64. The summed E-state index contributed by atoms with van der Waals surface area (Å²) in [6.07, 6.45) is 7.48. The van der Waals surface area contributed by atoms with Crippen molar-refractivity contribution in [2.24, 2.45) is 16.8 Å². The average molecular weight is 606 g/mol. The molecule has 1 saturated carbocycles. The standard InChI is InChI=1S/C40H47NO4/c1-5-44-39(42)38(41-37(30-15-9-6-10-16-30)31-17-11-7-12-18-31)34(32-23-25-43-28-32)24-26-45-36-27-29(2)21-22-35(36)40(3,4)33-19-13-8-14-20-33/h6-20,23,25,28-29,34-36,38H,5,21-22,24,26-27H2,1-4H3/t29-,34+,35-,36-,38-/m1/s1. The number of hydrogen-bond acceptors (Lipinski definition) is 5. The smallest absolute Gasteiger partial charge is 0.331 e. The zero-order valence-corrected chi connectivity index (χ0v) is 27.1. The van der Waals surface area contributed by atoms with E-state index >= 15 is 0 Å². The van der Waals surface area contributed by atoms with Crippen LogP contribution in [0.25, 0.3) is 0 Å². The van der Waals surface area contributed by atoms with Crippen molar-refractivity contribution in [1.82, 2.24) is 0 Å². The predicted molar refractivity (Wildman–Crippen MR) is 181 cm³/mol. The molecule has 5 atom stereocenters. The van der Waals surface area contributed by atoms with Crippen LogP contribution in [0, 0.1) is 11.8 Å². The Morgan fingerprint density at radius 3 is 2.11 bits per heavy atom. The van der Waals surface area contributed by atoms with Crippen molar-refractivity contribution in [1.29, 1.82) is 0 Å². The van der Waals surface area contributed by atoms with Crippen LogP contribution in [0.3, 0.4) is 0 Å². The molecule has 1 aliphatic rings. The predicted octanol–water partition coefficient (Wildman–Crippen LogP) is 9.02. The number of furan rings is 1. The number of carbonyl (C=O) groups is 1. The Kier molecular flexibility index (Phi) is 11.1. The van der Waals surface area contributed by atoms with Gasteiger partial charge >= 0.3 is 5.97 Å². The lowest BCUT2D eigenvalue weighted by Gasteiger charge is -2.44. The fraction of sp³-hybridized carbons (Fsp3) is 0.400. The summed E-state index contributed by atoms with van der Waals surface area (Å²) < 4.78 is 18.0. The number of hydrogen-bond donors (Lipinski definition) is 0. The van der Waals surface area contributed by atoms with Crippen LogP contribution in [-0.2, 0) is 19.7 Å². The number of esters is 1. The monoisotopic (exact) mass is 605 g/mol. The molecule has 5 nitrogen and oxygen atoms in total. The van der Waals surface area contributed by atoms with Crippen LogP contribution in [0.1, 0.15) is 81.5 Å². The van der Waals surface area contributed by atoms with Crippen molar-refractivity contribution in [3.8, 4) is 0 Å². The summed E-state index contributed by atoms with van der Waals surface area (Å²) in [7, 11) is 0. The second-order valence-electron chi connectivity index (χ2n) is 12.9. The van der Waals surface area contributed by atoms with Gasteiger partial charge in [-0.1, -0.05) is 118 Å². The molecule has 5 rings (SSSR count). The third kappa shape index (κ3) is 8.01. The van der Waals surface area contributed by atoms with Gasteiger partial charge in [0.15, 0.2) is 6.04 Å². The molecule has 236 valence electrons. The first-order chi connectivity index (χ1) is 21.9. The van der Waals surface area contributed by atoms with Gasteiger partial charge in [-0.15, -0.1) is 0 Å². The van der Waals surface area contributed by atoms with E-state index in [2.05, 4.69) is 51.1 Å². The highest BCUT2D eigenvalue weighted by molar-refractivity contribution is 6.13. The summed E-state index contributed by atoms with van der Waals surface area (Å²) in [5.74, 6) is 0.373. The fourth-order valence-corrected chi connectivity index (χ4v) is 6.94. The molecule has 0 aliphatic heterocycles. The molecular formula is C40H47NO4. The largest absolute Gasteiger partial charge is 0.472 e. The first-order valence-electron chi connectivity index (χ1n) is 16.4. The Bertz CT molecular complexity index is 1440. The van der Waals surface area contributed by atoms with Crippen LogP contribution in [0.4, 0.5) is 0 Å². The topological polar surface area (TPSA) is 61.0 Å². The Balaban J connectivity index is 1.45. The summed E-state index contributed by atoms with van der Waals surface area (Å²) in [5.41, 5.74) is 4.90. The molecular weight excluding hydrogens is 558 g/mol. The summed E-state index contributed by atoms with van der Waals surface area (Å²) in [5, 5.41) is 0. The van der Waals surface area contributed by atoms with E-state index in [9.17, 15) is 4.79 Å². The van der Waals surface area contributed by atoms with Crippen LogP contribution in [0.15, 0.2) is 119 Å². The summed E-state index contributed by atoms with van der Waals surface area (Å²) in [6.45, 7) is 9.66. The van der Waals surface area contributed by atoms with Crippen molar-refractivity contribution in [3.05, 3.63) is 132 Å². The number of rotatable bonds is 13. The first-order valence-corrected chi connectivity index (χ1v) is 16.4. The number of benzene rings is 3. The SMILES string of the molecule is CCOC(=O)[C@H](N=C(c1ccccc1)c1ccccc1)[C@@H](CCO[C@@H]1C[C@H](C)CC[C@H]1C(C)(C)c1ccccc1)c1ccoc1. The van der Waals surface area contributed by atoms with Gasteiger partial charge in [0, 0.05) is 23.7 Å². The van der Waals surface area contributed by atoms with E-state index in [-0.39, 0.29) is 30.0 Å². The van der Waals surface area contributed by atoms with E-state index in [1.165, 1.54) is 12.0 Å². The molecule has 0 spiro atoms. The third-order valence-corrected chi connectivity index (χ3v) is 9.50. The van der Waals surface area contributed by atoms with Gasteiger partial charge in [0.05, 0.1) is 30.9 Å². The maximum Gasteiger partial charge on any atom is 0.331 e. The summed E-state index contributed by atoms with van der Waals surface area (Å²) in [6, 6.07) is 32.0. The number of aliphatic imine (C=N–C) groups is 1. The highest BCUT2D eigenvalue weighted by Gasteiger charge is 2.41. The van der Waals surface area contributed by atoms with Gasteiger partial charge in [-0.3, -0.25) is 4.99 Å². The van der Waals surface area contributed by atoms with Gasteiger partial charge in [0.2, 0.25) is 0 Å². The maximum absolute atomic E-state index is 13.7. The van der Waals surface area contributed by atoms with Gasteiger partial charge < -0.3 is 13.9 Å². The molecule has 1 fully saturated rings. The van der Waals surface area contributed by atoms with Crippen molar-refractivity contribution in [3.63, 3.8) is 0 Å². The number of nitrogens with zero attached hydrogens (tertiary/aromatic N) is 1. The second kappa shape index (κ2) is 15.4. The molecule has 5 heteroatoms. The summed E-state index contributed by atoms with van der Waals surface area (Å²) >= 11 is 0. The van der Waals surface area contributed by atoms with Gasteiger partial charge in [-0.25, -0.2) is 4.79 Å². The second-order valence-corrected chi connectivity index (χ2v) is 12.9. The van der Waals surface area contributed by atoms with Gasteiger partial charge in [-0.05, 0) is 60.6 Å². The molecule has 0 unspecified atom stereocenters. The Morgan fingerprint density at radius 1 is 0.911 bits per heavy atom. The highest BCUT2D eigenvalue weighted by Crippen LogP contribution is 2.44. The lowest BCUT2D eigenvalue weighted by Crippen LogP contribution is -2.43. The highest BCUT2D eigenvalue weighted by atomic mass is 16.5. The lowest BCUT2D eigenvalue weighted by molar-refractivity contribution is -0.145. The van der Waals surface area contributed by atoms with Gasteiger partial charge in [0.1, 0.15) is 0 Å². The van der Waals surface area contributed by atoms with E-state index in [0.717, 1.165) is 35.2 Å². The maximum atomic E-state index is 13.7. The van der Waals surface area contributed by atoms with Crippen LogP contribution >= 0.6 is 0 Å². The van der Waals surface area contributed by atoms with Crippen molar-refractivity contribution >= 4 is 11.7 Å². The first kappa shape index (κ1) is 32.4. The Morgan fingerprint density at radius 2 is 1.53 bits per heavy atom. The molecule has 0 bridgehead atoms. The molecule has 0 amide bonds. The minimum absolute atomic E-state index is 0.0198. The molecule has 1 heterocycles. The zero-order chi connectivity index (χ0) is 31.6. The summed E-state index contributed by atoms with van der Waals surface area (Å²) in [4.78, 5) is 18.9. The van der Waals surface area contributed by atoms with Crippen molar-refractivity contribution < 1.29 is 18.7 Å². The van der Waals surface area contributed by atoms with Crippen molar-refractivity contribution in [2.75, 3.05) is 13.2 Å². The van der Waals surface area contributed by atoms with E-state index < -0.39 is 6.04 Å². The minimum atomic E-state index is -0.775. The van der Waals surface area contributed by atoms with Crippen LogP contribution in [-0.4, -0.2) is 37.0 Å². The molecule has 0 N–H and O–H groups in total. The van der Waals surface area contributed by atoms with Crippen LogP contribution in [0.5, 0.6) is 0 Å². The average Bonchev–Trinajstić information content (AvgIpc) is 3.60. The number of ether oxygens (including phenoxy) is 2. The quantitative estimate of drug-likeness (QED) is 0.113. The van der Waals surface area contributed by atoms with Gasteiger partial charge in [0.25, 0.3) is 0 Å². The Labute approximate surface area is 268 Å². The fourth-order valence-electron chi connectivity index (χ4n) is 6.94. The zero-order valence-electron chi connectivity index (χ0n) is 27.1. The van der Waals surface area contributed by atoms with Gasteiger partial charge in [-0.2, -0.15) is 0 Å². The molecule has 0 saturated heterocycles. The molecule has 1 aromatic heterocycles. The van der Waals surface area contributed by atoms with Crippen molar-refractivity contribution in [2.45, 2.75) is 76.9 Å².